The van der Waals surface area contributed by atoms with Crippen molar-refractivity contribution in [3.05, 3.63) is 0 Å². The molecule has 1 saturated heterocycles. The number of fused-ring (bicyclic) bond motifs is 1. The number of carbonyl (C=O) groups excluding carboxylic acids is 1. The fourth-order valence-corrected chi connectivity index (χ4v) is 3.08. The number of urea groups is 1. The summed E-state index contributed by atoms with van der Waals surface area (Å²) < 4.78 is 5.67. The molecule has 20 heavy (non-hydrogen) atoms. The molecule has 2 aliphatic rings. The van der Waals surface area contributed by atoms with Gasteiger partial charge < -0.3 is 20.1 Å². The Hall–Kier alpha value is -1.30. The Morgan fingerprint density at radius 3 is 2.85 bits per heavy atom. The molecule has 0 radical (unpaired) electrons. The van der Waals surface area contributed by atoms with Crippen LogP contribution in [0.3, 0.4) is 0 Å². The van der Waals surface area contributed by atoms with Crippen molar-refractivity contribution in [1.82, 2.24) is 10.2 Å². The fraction of sp³-hybridized carbons (Fsp3) is 0.857. The zero-order valence-corrected chi connectivity index (χ0v) is 12.2. The first kappa shape index (κ1) is 15.1. The molecular formula is C14H24N2O4. The Balaban J connectivity index is 2.00. The van der Waals surface area contributed by atoms with Gasteiger partial charge in [-0.1, -0.05) is 20.3 Å². The minimum atomic E-state index is -0.969. The summed E-state index contributed by atoms with van der Waals surface area (Å²) >= 11 is 0. The summed E-state index contributed by atoms with van der Waals surface area (Å²) in [6.45, 7) is 4.85. The number of hydrogen-bond donors (Lipinski definition) is 2. The number of morpholine rings is 1. The number of nitrogens with one attached hydrogen (secondary N) is 1. The van der Waals surface area contributed by atoms with E-state index >= 15 is 0 Å². The van der Waals surface area contributed by atoms with Crippen molar-refractivity contribution >= 4 is 12.0 Å². The van der Waals surface area contributed by atoms with Crippen LogP contribution in [0.4, 0.5) is 4.79 Å². The second-order valence-corrected chi connectivity index (χ2v) is 5.75. The number of ether oxygens (including phenoxy) is 1. The van der Waals surface area contributed by atoms with Crippen molar-refractivity contribution in [2.45, 2.75) is 57.7 Å². The molecule has 0 spiro atoms. The molecule has 2 rings (SSSR count). The van der Waals surface area contributed by atoms with Crippen LogP contribution in [0.25, 0.3) is 0 Å². The highest BCUT2D eigenvalue weighted by Gasteiger charge is 2.39. The van der Waals surface area contributed by atoms with E-state index in [1.807, 2.05) is 13.8 Å². The lowest BCUT2D eigenvalue weighted by atomic mass is 9.99. The third kappa shape index (κ3) is 3.06. The number of aliphatic carboxylic acids is 1. The van der Waals surface area contributed by atoms with Gasteiger partial charge in [-0.15, -0.1) is 0 Å². The summed E-state index contributed by atoms with van der Waals surface area (Å²) in [5, 5.41) is 11.9. The second-order valence-electron chi connectivity index (χ2n) is 5.75. The van der Waals surface area contributed by atoms with Crippen LogP contribution in [0.15, 0.2) is 0 Å². The van der Waals surface area contributed by atoms with Gasteiger partial charge in [0.1, 0.15) is 6.04 Å². The lowest BCUT2D eigenvalue weighted by molar-refractivity contribution is -0.140. The summed E-state index contributed by atoms with van der Waals surface area (Å²) in [7, 11) is 0. The molecule has 4 atom stereocenters. The maximum absolute atomic E-state index is 12.4. The van der Waals surface area contributed by atoms with Crippen molar-refractivity contribution in [3.8, 4) is 0 Å². The van der Waals surface area contributed by atoms with Crippen molar-refractivity contribution in [2.24, 2.45) is 5.92 Å². The topological polar surface area (TPSA) is 78.9 Å². The number of carboxylic acid groups (broad SMARTS) is 1. The summed E-state index contributed by atoms with van der Waals surface area (Å²) in [6, 6.07) is -0.983. The van der Waals surface area contributed by atoms with Crippen LogP contribution in [0, 0.1) is 5.92 Å². The molecule has 2 fully saturated rings. The molecule has 6 heteroatoms. The normalized spacial score (nSPS) is 28.6. The minimum absolute atomic E-state index is 0.0862. The van der Waals surface area contributed by atoms with E-state index in [1.54, 1.807) is 4.90 Å². The average molecular weight is 284 g/mol. The highest BCUT2D eigenvalue weighted by atomic mass is 16.5. The van der Waals surface area contributed by atoms with Crippen molar-refractivity contribution < 1.29 is 19.4 Å². The third-order valence-corrected chi connectivity index (χ3v) is 4.50. The molecule has 0 aromatic rings. The quantitative estimate of drug-likeness (QED) is 0.819. The van der Waals surface area contributed by atoms with Crippen LogP contribution in [-0.4, -0.2) is 53.3 Å². The standard InChI is InChI=1S/C14H24N2O4/c1-3-9(2)12(13(17)18)15-14(19)16-7-8-20-11-6-4-5-10(11)16/h9-12H,3-8H2,1-2H3,(H,15,19)(H,17,18). The smallest absolute Gasteiger partial charge is 0.326 e. The maximum atomic E-state index is 12.4. The van der Waals surface area contributed by atoms with Crippen LogP contribution < -0.4 is 5.32 Å². The molecule has 1 saturated carbocycles. The van der Waals surface area contributed by atoms with Crippen LogP contribution in [0.2, 0.25) is 0 Å². The predicted octanol–water partition coefficient (Wildman–Crippen LogP) is 1.45. The van der Waals surface area contributed by atoms with Gasteiger partial charge in [0.05, 0.1) is 18.8 Å². The number of carboxylic acids is 1. The molecule has 1 aliphatic carbocycles. The van der Waals surface area contributed by atoms with Crippen molar-refractivity contribution in [1.29, 1.82) is 0 Å². The van der Waals surface area contributed by atoms with Gasteiger partial charge in [-0.25, -0.2) is 9.59 Å². The number of amides is 2. The van der Waals surface area contributed by atoms with Gasteiger partial charge in [0.2, 0.25) is 0 Å². The summed E-state index contributed by atoms with van der Waals surface area (Å²) in [5.74, 6) is -1.05. The molecule has 1 heterocycles. The van der Waals surface area contributed by atoms with Gasteiger partial charge in [0.25, 0.3) is 0 Å². The van der Waals surface area contributed by atoms with E-state index in [1.165, 1.54) is 0 Å². The van der Waals surface area contributed by atoms with E-state index in [0.717, 1.165) is 19.3 Å². The Morgan fingerprint density at radius 2 is 2.20 bits per heavy atom. The molecular weight excluding hydrogens is 260 g/mol. The number of hydrogen-bond acceptors (Lipinski definition) is 3. The van der Waals surface area contributed by atoms with E-state index in [-0.39, 0.29) is 24.1 Å². The molecule has 2 amide bonds. The average Bonchev–Trinajstić information content (AvgIpc) is 2.91. The minimum Gasteiger partial charge on any atom is -0.480 e. The first-order valence-electron chi connectivity index (χ1n) is 7.46. The molecule has 0 aromatic heterocycles. The first-order chi connectivity index (χ1) is 9.54. The summed E-state index contributed by atoms with van der Waals surface area (Å²) in [6.07, 6.45) is 3.84. The van der Waals surface area contributed by atoms with E-state index in [0.29, 0.717) is 19.6 Å². The van der Waals surface area contributed by atoms with Crippen molar-refractivity contribution in [2.75, 3.05) is 13.2 Å². The van der Waals surface area contributed by atoms with Gasteiger partial charge in [0.15, 0.2) is 0 Å². The largest absolute Gasteiger partial charge is 0.480 e. The highest BCUT2D eigenvalue weighted by molar-refractivity contribution is 5.83. The summed E-state index contributed by atoms with van der Waals surface area (Å²) in [4.78, 5) is 25.4. The Morgan fingerprint density at radius 1 is 1.45 bits per heavy atom. The monoisotopic (exact) mass is 284 g/mol. The van der Waals surface area contributed by atoms with E-state index in [4.69, 9.17) is 4.74 Å². The van der Waals surface area contributed by atoms with E-state index in [2.05, 4.69) is 5.32 Å². The third-order valence-electron chi connectivity index (χ3n) is 4.50. The summed E-state index contributed by atoms with van der Waals surface area (Å²) in [5.41, 5.74) is 0. The van der Waals surface area contributed by atoms with Crippen LogP contribution in [-0.2, 0) is 9.53 Å². The lowest BCUT2D eigenvalue weighted by Crippen LogP contribution is -2.58. The van der Waals surface area contributed by atoms with E-state index < -0.39 is 12.0 Å². The molecule has 0 aromatic carbocycles. The Kier molecular flexibility index (Phi) is 4.86. The predicted molar refractivity (Wildman–Crippen MR) is 73.5 cm³/mol. The van der Waals surface area contributed by atoms with Gasteiger partial charge in [-0.2, -0.15) is 0 Å². The molecule has 6 nitrogen and oxygen atoms in total. The molecule has 2 N–H and O–H groups in total. The number of rotatable bonds is 4. The van der Waals surface area contributed by atoms with Crippen molar-refractivity contribution in [3.63, 3.8) is 0 Å². The molecule has 4 unspecified atom stereocenters. The lowest BCUT2D eigenvalue weighted by Gasteiger charge is -2.38. The number of carbonyl (C=O) groups is 2. The van der Waals surface area contributed by atoms with Crippen LogP contribution in [0.1, 0.15) is 39.5 Å². The maximum Gasteiger partial charge on any atom is 0.326 e. The zero-order valence-electron chi connectivity index (χ0n) is 12.2. The zero-order chi connectivity index (χ0) is 14.7. The van der Waals surface area contributed by atoms with Gasteiger partial charge in [0, 0.05) is 6.54 Å². The SMILES string of the molecule is CCC(C)C(NC(=O)N1CCOC2CCCC21)C(=O)O. The van der Waals surface area contributed by atoms with Gasteiger partial charge in [-0.3, -0.25) is 0 Å². The highest BCUT2D eigenvalue weighted by Crippen LogP contribution is 2.29. The molecule has 114 valence electrons. The molecule has 1 aliphatic heterocycles. The Labute approximate surface area is 119 Å². The van der Waals surface area contributed by atoms with E-state index in [9.17, 15) is 14.7 Å². The Bertz CT molecular complexity index is 374. The fourth-order valence-electron chi connectivity index (χ4n) is 3.08. The van der Waals surface area contributed by atoms with Gasteiger partial charge in [-0.05, 0) is 25.2 Å². The first-order valence-corrected chi connectivity index (χ1v) is 7.46. The van der Waals surface area contributed by atoms with Crippen LogP contribution >= 0.6 is 0 Å². The van der Waals surface area contributed by atoms with Gasteiger partial charge >= 0.3 is 12.0 Å². The number of nitrogens with zero attached hydrogens (tertiary/aromatic N) is 1. The van der Waals surface area contributed by atoms with Crippen LogP contribution in [0.5, 0.6) is 0 Å². The molecule has 0 bridgehead atoms. The second kappa shape index (κ2) is 6.43.